The summed E-state index contributed by atoms with van der Waals surface area (Å²) >= 11 is 0. The summed E-state index contributed by atoms with van der Waals surface area (Å²) in [6.07, 6.45) is 8.07. The van der Waals surface area contributed by atoms with Crippen LogP contribution in [0.4, 0.5) is 0 Å². The second kappa shape index (κ2) is 7.70. The Hall–Kier alpha value is -1.55. The van der Waals surface area contributed by atoms with Gasteiger partial charge >= 0.3 is 0 Å². The average Bonchev–Trinajstić information content (AvgIpc) is 2.35. The van der Waals surface area contributed by atoms with Crippen LogP contribution in [0.1, 0.15) is 44.6 Å². The molecule has 0 spiro atoms. The van der Waals surface area contributed by atoms with Crippen molar-refractivity contribution in [3.05, 3.63) is 42.0 Å². The van der Waals surface area contributed by atoms with E-state index in [0.29, 0.717) is 0 Å². The molecule has 0 aliphatic rings. The van der Waals surface area contributed by atoms with E-state index in [1.54, 1.807) is 0 Å². The highest BCUT2D eigenvalue weighted by Gasteiger charge is 1.97. The molecule has 0 fully saturated rings. The van der Waals surface area contributed by atoms with E-state index in [4.69, 9.17) is 5.26 Å². The molecule has 0 amide bonds. The molecular formula is C15H19N. The van der Waals surface area contributed by atoms with E-state index in [1.165, 1.54) is 25.7 Å². The number of hydrogen-bond acceptors (Lipinski definition) is 1. The molecule has 0 aliphatic carbocycles. The van der Waals surface area contributed by atoms with Gasteiger partial charge in [0.1, 0.15) is 0 Å². The minimum absolute atomic E-state index is 0.803. The van der Waals surface area contributed by atoms with Crippen LogP contribution in [0.5, 0.6) is 0 Å². The van der Waals surface area contributed by atoms with Gasteiger partial charge in [-0.05, 0) is 18.4 Å². The van der Waals surface area contributed by atoms with Gasteiger partial charge in [-0.1, -0.05) is 62.6 Å². The number of hydrogen-bond donors (Lipinski definition) is 0. The summed E-state index contributed by atoms with van der Waals surface area (Å²) < 4.78 is 0. The van der Waals surface area contributed by atoms with Crippen LogP contribution in [0.15, 0.2) is 36.4 Å². The summed E-state index contributed by atoms with van der Waals surface area (Å²) in [5.41, 5.74) is 1.83. The number of allylic oxidation sites excluding steroid dienone is 2. The maximum atomic E-state index is 9.06. The maximum Gasteiger partial charge on any atom is 0.0994 e. The molecule has 0 heterocycles. The van der Waals surface area contributed by atoms with Gasteiger partial charge < -0.3 is 0 Å². The fourth-order valence-electron chi connectivity index (χ4n) is 1.66. The number of benzene rings is 1. The monoisotopic (exact) mass is 213 g/mol. The van der Waals surface area contributed by atoms with Crippen molar-refractivity contribution in [2.24, 2.45) is 0 Å². The van der Waals surface area contributed by atoms with Gasteiger partial charge in [0.15, 0.2) is 0 Å². The lowest BCUT2D eigenvalue weighted by Gasteiger charge is -1.99. The highest BCUT2D eigenvalue weighted by Crippen LogP contribution is 2.15. The Balaban J connectivity index is 2.49. The lowest BCUT2D eigenvalue weighted by molar-refractivity contribution is 0.675. The second-order valence-corrected chi connectivity index (χ2v) is 3.94. The number of rotatable bonds is 6. The van der Waals surface area contributed by atoms with Crippen molar-refractivity contribution >= 4 is 5.57 Å². The Morgan fingerprint density at radius 1 is 1.19 bits per heavy atom. The van der Waals surface area contributed by atoms with E-state index >= 15 is 0 Å². The van der Waals surface area contributed by atoms with Crippen molar-refractivity contribution in [3.63, 3.8) is 0 Å². The summed E-state index contributed by atoms with van der Waals surface area (Å²) in [6.45, 7) is 2.21. The minimum Gasteiger partial charge on any atom is -0.192 e. The Morgan fingerprint density at radius 3 is 2.56 bits per heavy atom. The molecule has 0 radical (unpaired) electrons. The lowest BCUT2D eigenvalue weighted by atomic mass is 10.0. The normalized spacial score (nSPS) is 11.1. The van der Waals surface area contributed by atoms with Gasteiger partial charge in [0.05, 0.1) is 11.6 Å². The lowest BCUT2D eigenvalue weighted by Crippen LogP contribution is -1.81. The van der Waals surface area contributed by atoms with Crippen LogP contribution >= 0.6 is 0 Å². The summed E-state index contributed by atoms with van der Waals surface area (Å²) in [4.78, 5) is 0. The van der Waals surface area contributed by atoms with E-state index in [9.17, 15) is 0 Å². The number of nitrogens with zero attached hydrogens (tertiary/aromatic N) is 1. The molecule has 1 aromatic rings. The third kappa shape index (κ3) is 4.31. The summed E-state index contributed by atoms with van der Waals surface area (Å²) in [5.74, 6) is 0. The quantitative estimate of drug-likeness (QED) is 0.502. The van der Waals surface area contributed by atoms with E-state index in [-0.39, 0.29) is 0 Å². The fourth-order valence-corrected chi connectivity index (χ4v) is 1.66. The standard InChI is InChI=1S/C15H19N/c1-2-3-4-5-7-12-15(13-16)14-10-8-6-9-11-14/h6,8-12H,2-5,7H2,1H3. The third-order valence-electron chi connectivity index (χ3n) is 2.61. The van der Waals surface area contributed by atoms with E-state index < -0.39 is 0 Å². The van der Waals surface area contributed by atoms with Gasteiger partial charge in [-0.15, -0.1) is 0 Å². The summed E-state index contributed by atoms with van der Waals surface area (Å²) in [7, 11) is 0. The van der Waals surface area contributed by atoms with E-state index in [2.05, 4.69) is 19.1 Å². The smallest absolute Gasteiger partial charge is 0.0994 e. The van der Waals surface area contributed by atoms with E-state index in [0.717, 1.165) is 17.6 Å². The minimum atomic E-state index is 0.803. The van der Waals surface area contributed by atoms with Gasteiger partial charge in [0, 0.05) is 0 Å². The molecule has 1 nitrogen and oxygen atoms in total. The SMILES string of the molecule is CCCCCCC=C(C#N)c1ccccc1. The van der Waals surface area contributed by atoms with Crippen molar-refractivity contribution < 1.29 is 0 Å². The highest BCUT2D eigenvalue weighted by atomic mass is 14.2. The Bertz CT molecular complexity index is 357. The molecule has 0 saturated heterocycles. The zero-order valence-corrected chi connectivity index (χ0v) is 9.95. The third-order valence-corrected chi connectivity index (χ3v) is 2.61. The van der Waals surface area contributed by atoms with Crippen molar-refractivity contribution in [2.45, 2.75) is 39.0 Å². The Morgan fingerprint density at radius 2 is 1.94 bits per heavy atom. The Labute approximate surface area is 98.4 Å². The van der Waals surface area contributed by atoms with Gasteiger partial charge in [-0.25, -0.2) is 0 Å². The van der Waals surface area contributed by atoms with Crippen molar-refractivity contribution in [3.8, 4) is 6.07 Å². The zero-order valence-electron chi connectivity index (χ0n) is 9.95. The number of unbranched alkanes of at least 4 members (excludes halogenated alkanes) is 4. The molecule has 84 valence electrons. The molecule has 1 aromatic carbocycles. The zero-order chi connectivity index (χ0) is 11.6. The van der Waals surface area contributed by atoms with Crippen LogP contribution in [0.2, 0.25) is 0 Å². The number of nitriles is 1. The predicted molar refractivity (Wildman–Crippen MR) is 68.8 cm³/mol. The van der Waals surface area contributed by atoms with Crippen LogP contribution in [0.25, 0.3) is 5.57 Å². The fraction of sp³-hybridized carbons (Fsp3) is 0.400. The van der Waals surface area contributed by atoms with Crippen molar-refractivity contribution in [2.75, 3.05) is 0 Å². The largest absolute Gasteiger partial charge is 0.192 e. The molecule has 1 heteroatoms. The van der Waals surface area contributed by atoms with Gasteiger partial charge in [-0.3, -0.25) is 0 Å². The molecule has 0 unspecified atom stereocenters. The topological polar surface area (TPSA) is 23.8 Å². The molecule has 0 saturated carbocycles. The first-order valence-corrected chi connectivity index (χ1v) is 6.04. The molecular weight excluding hydrogens is 194 g/mol. The predicted octanol–water partition coefficient (Wildman–Crippen LogP) is 4.56. The van der Waals surface area contributed by atoms with E-state index in [1.807, 2.05) is 30.3 Å². The molecule has 0 aromatic heterocycles. The first kappa shape index (κ1) is 12.5. The second-order valence-electron chi connectivity index (χ2n) is 3.94. The van der Waals surface area contributed by atoms with Gasteiger partial charge in [0.2, 0.25) is 0 Å². The molecule has 0 bridgehead atoms. The first-order chi connectivity index (χ1) is 7.88. The van der Waals surface area contributed by atoms with Crippen LogP contribution in [-0.4, -0.2) is 0 Å². The van der Waals surface area contributed by atoms with Crippen LogP contribution in [0, 0.1) is 11.3 Å². The first-order valence-electron chi connectivity index (χ1n) is 6.04. The molecule has 1 rings (SSSR count). The summed E-state index contributed by atoms with van der Waals surface area (Å²) in [5, 5.41) is 9.06. The maximum absolute atomic E-state index is 9.06. The van der Waals surface area contributed by atoms with Crippen LogP contribution in [0.3, 0.4) is 0 Å². The van der Waals surface area contributed by atoms with Gasteiger partial charge in [-0.2, -0.15) is 5.26 Å². The van der Waals surface area contributed by atoms with Crippen LogP contribution in [-0.2, 0) is 0 Å². The average molecular weight is 213 g/mol. The molecule has 0 N–H and O–H groups in total. The summed E-state index contributed by atoms with van der Waals surface area (Å²) in [6, 6.07) is 12.2. The van der Waals surface area contributed by atoms with Crippen LogP contribution < -0.4 is 0 Å². The van der Waals surface area contributed by atoms with Gasteiger partial charge in [0.25, 0.3) is 0 Å². The molecule has 0 aliphatic heterocycles. The molecule has 0 atom stereocenters. The van der Waals surface area contributed by atoms with Crippen molar-refractivity contribution in [1.29, 1.82) is 5.26 Å². The highest BCUT2D eigenvalue weighted by molar-refractivity contribution is 5.76. The Kier molecular flexibility index (Phi) is 6.03. The molecule has 16 heavy (non-hydrogen) atoms. The van der Waals surface area contributed by atoms with Crippen molar-refractivity contribution in [1.82, 2.24) is 0 Å².